The predicted octanol–water partition coefficient (Wildman–Crippen LogP) is 2.65. The summed E-state index contributed by atoms with van der Waals surface area (Å²) >= 11 is 0. The molecule has 2 atom stereocenters. The summed E-state index contributed by atoms with van der Waals surface area (Å²) in [7, 11) is 1.83. The fourth-order valence-electron chi connectivity index (χ4n) is 4.13. The van der Waals surface area contributed by atoms with Crippen LogP contribution in [0.2, 0.25) is 0 Å². The summed E-state index contributed by atoms with van der Waals surface area (Å²) in [5, 5.41) is 4.51. The first-order valence-electron chi connectivity index (χ1n) is 10.0. The van der Waals surface area contributed by atoms with Gasteiger partial charge in [0.05, 0.1) is 11.6 Å². The summed E-state index contributed by atoms with van der Waals surface area (Å²) in [6, 6.07) is 2.02. The van der Waals surface area contributed by atoms with Gasteiger partial charge in [0.25, 0.3) is 5.91 Å². The lowest BCUT2D eigenvalue weighted by Gasteiger charge is -2.35. The Morgan fingerprint density at radius 3 is 2.70 bits per heavy atom. The van der Waals surface area contributed by atoms with Crippen LogP contribution >= 0.6 is 0 Å². The summed E-state index contributed by atoms with van der Waals surface area (Å²) in [6.45, 7) is 10.2. The Morgan fingerprint density at radius 2 is 2.04 bits per heavy atom. The van der Waals surface area contributed by atoms with E-state index in [0.29, 0.717) is 31.2 Å². The summed E-state index contributed by atoms with van der Waals surface area (Å²) < 4.78 is 1.69. The van der Waals surface area contributed by atoms with Crippen LogP contribution in [0.5, 0.6) is 0 Å². The first kappa shape index (κ1) is 19.6. The largest absolute Gasteiger partial charge is 0.334 e. The second kappa shape index (κ2) is 7.87. The molecule has 0 saturated carbocycles. The Kier molecular flexibility index (Phi) is 5.72. The van der Waals surface area contributed by atoms with Crippen molar-refractivity contribution in [1.82, 2.24) is 19.6 Å². The molecule has 148 valence electrons. The van der Waals surface area contributed by atoms with E-state index in [1.54, 1.807) is 4.68 Å². The number of aryl methyl sites for hydroxylation is 1. The van der Waals surface area contributed by atoms with Crippen LogP contribution in [0.15, 0.2) is 17.7 Å². The zero-order chi connectivity index (χ0) is 19.7. The maximum atomic E-state index is 13.2. The Hall–Kier alpha value is -2.11. The molecule has 3 saturated heterocycles. The Morgan fingerprint density at radius 1 is 1.30 bits per heavy atom. The first-order chi connectivity index (χ1) is 12.8. The highest BCUT2D eigenvalue weighted by Crippen LogP contribution is 2.30. The van der Waals surface area contributed by atoms with Gasteiger partial charge in [-0.05, 0) is 45.1 Å². The zero-order valence-electron chi connectivity index (χ0n) is 17.2. The predicted molar refractivity (Wildman–Crippen MR) is 105 cm³/mol. The number of hydrogen-bond donors (Lipinski definition) is 0. The van der Waals surface area contributed by atoms with Crippen LogP contribution in [0.4, 0.5) is 0 Å². The van der Waals surface area contributed by atoms with Gasteiger partial charge in [0, 0.05) is 32.7 Å². The molecule has 0 aliphatic carbocycles. The number of nitrogens with zero attached hydrogens (tertiary/aromatic N) is 4. The molecule has 0 unspecified atom stereocenters. The number of carbonyl (C=O) groups excluding carboxylic acids is 2. The van der Waals surface area contributed by atoms with Crippen molar-refractivity contribution in [2.24, 2.45) is 18.9 Å². The molecule has 1 aromatic heterocycles. The number of carbonyl (C=O) groups is 2. The van der Waals surface area contributed by atoms with Crippen LogP contribution < -0.4 is 0 Å². The van der Waals surface area contributed by atoms with Gasteiger partial charge in [-0.25, -0.2) is 0 Å². The average Bonchev–Trinajstić information content (AvgIpc) is 2.77. The van der Waals surface area contributed by atoms with Gasteiger partial charge in [0.1, 0.15) is 5.69 Å². The van der Waals surface area contributed by atoms with Gasteiger partial charge in [-0.3, -0.25) is 14.3 Å². The summed E-state index contributed by atoms with van der Waals surface area (Å²) in [6.07, 6.45) is 4.81. The van der Waals surface area contributed by atoms with E-state index >= 15 is 0 Å². The monoisotopic (exact) mass is 372 g/mol. The normalized spacial score (nSPS) is 22.4. The molecule has 0 radical (unpaired) electrons. The molecule has 3 fully saturated rings. The molecule has 6 nitrogen and oxygen atoms in total. The van der Waals surface area contributed by atoms with Crippen molar-refractivity contribution in [1.29, 1.82) is 0 Å². The second-order valence-electron chi connectivity index (χ2n) is 8.65. The molecule has 3 aliphatic heterocycles. The van der Waals surface area contributed by atoms with Gasteiger partial charge in [-0.1, -0.05) is 25.5 Å². The van der Waals surface area contributed by atoms with Crippen molar-refractivity contribution in [3.63, 3.8) is 0 Å². The fourth-order valence-corrected chi connectivity index (χ4v) is 4.13. The van der Waals surface area contributed by atoms with Gasteiger partial charge >= 0.3 is 0 Å². The lowest BCUT2D eigenvalue weighted by atomic mass is 9.94. The Labute approximate surface area is 162 Å². The average molecular weight is 373 g/mol. The third-order valence-corrected chi connectivity index (χ3v) is 5.54. The van der Waals surface area contributed by atoms with Gasteiger partial charge in [-0.15, -0.1) is 0 Å². The van der Waals surface area contributed by atoms with Crippen molar-refractivity contribution in [3.8, 4) is 0 Å². The molecular weight excluding hydrogens is 340 g/mol. The van der Waals surface area contributed by atoms with E-state index in [-0.39, 0.29) is 23.8 Å². The number of hydrogen-bond acceptors (Lipinski definition) is 3. The van der Waals surface area contributed by atoms with Gasteiger partial charge in [-0.2, -0.15) is 5.10 Å². The van der Waals surface area contributed by atoms with E-state index in [9.17, 15) is 9.59 Å². The molecule has 1 aromatic rings. The molecule has 3 aliphatic rings. The molecule has 2 bridgehead atoms. The highest BCUT2D eigenvalue weighted by Gasteiger charge is 2.41. The van der Waals surface area contributed by atoms with Crippen molar-refractivity contribution < 1.29 is 9.59 Å². The minimum atomic E-state index is -0.0818. The SMILES string of the molecule is CC(C)=CCN1C(=O)[C@@H]2CC[C@H]1CN(C(=O)c1cc(CC(C)C)nn1C)C2. The molecule has 0 aromatic carbocycles. The number of piperidine rings is 1. The van der Waals surface area contributed by atoms with Gasteiger partial charge in [0.2, 0.25) is 5.91 Å². The number of amides is 2. The minimum absolute atomic E-state index is 0.00577. The molecule has 0 spiro atoms. The lowest BCUT2D eigenvalue weighted by Crippen LogP contribution is -2.48. The van der Waals surface area contributed by atoms with Gasteiger partial charge in [0.15, 0.2) is 0 Å². The van der Waals surface area contributed by atoms with Crippen molar-refractivity contribution in [2.75, 3.05) is 19.6 Å². The van der Waals surface area contributed by atoms with Crippen molar-refractivity contribution in [3.05, 3.63) is 29.1 Å². The van der Waals surface area contributed by atoms with Crippen molar-refractivity contribution >= 4 is 11.8 Å². The summed E-state index contributed by atoms with van der Waals surface area (Å²) in [5.74, 6) is 0.609. The van der Waals surface area contributed by atoms with E-state index in [1.807, 2.05) is 36.8 Å². The van der Waals surface area contributed by atoms with E-state index < -0.39 is 0 Å². The fraction of sp³-hybridized carbons (Fsp3) is 0.667. The highest BCUT2D eigenvalue weighted by molar-refractivity contribution is 5.93. The number of fused-ring (bicyclic) bond motifs is 4. The number of allylic oxidation sites excluding steroid dienone is 1. The lowest BCUT2D eigenvalue weighted by molar-refractivity contribution is -0.139. The zero-order valence-corrected chi connectivity index (χ0v) is 17.2. The van der Waals surface area contributed by atoms with E-state index in [2.05, 4.69) is 25.0 Å². The van der Waals surface area contributed by atoms with E-state index in [0.717, 1.165) is 25.0 Å². The molecule has 4 rings (SSSR count). The molecule has 2 amide bonds. The van der Waals surface area contributed by atoms with Gasteiger partial charge < -0.3 is 9.80 Å². The number of rotatable bonds is 5. The molecule has 27 heavy (non-hydrogen) atoms. The van der Waals surface area contributed by atoms with E-state index in [1.165, 1.54) is 5.57 Å². The molecular formula is C21H32N4O2. The highest BCUT2D eigenvalue weighted by atomic mass is 16.2. The topological polar surface area (TPSA) is 58.4 Å². The van der Waals surface area contributed by atoms with Crippen LogP contribution in [0.1, 0.15) is 56.7 Å². The maximum Gasteiger partial charge on any atom is 0.272 e. The van der Waals surface area contributed by atoms with E-state index in [4.69, 9.17) is 0 Å². The third kappa shape index (κ3) is 4.25. The standard InChI is InChI=1S/C21H32N4O2/c1-14(2)8-9-25-18-7-6-16(20(25)26)12-24(13-18)21(27)19-11-17(10-15(3)4)22-23(19)5/h8,11,15-16,18H,6-7,9-10,12-13H2,1-5H3/t16-,18+/m1/s1. The Bertz CT molecular complexity index is 745. The van der Waals surface area contributed by atoms with Crippen LogP contribution in [-0.4, -0.2) is 57.1 Å². The van der Waals surface area contributed by atoms with Crippen LogP contribution in [0.3, 0.4) is 0 Å². The third-order valence-electron chi connectivity index (χ3n) is 5.54. The summed E-state index contributed by atoms with van der Waals surface area (Å²) in [5.41, 5.74) is 2.79. The minimum Gasteiger partial charge on any atom is -0.334 e. The van der Waals surface area contributed by atoms with Crippen LogP contribution in [0, 0.1) is 11.8 Å². The molecule has 6 heteroatoms. The number of aromatic nitrogens is 2. The first-order valence-corrected chi connectivity index (χ1v) is 10.0. The van der Waals surface area contributed by atoms with Crippen LogP contribution in [0.25, 0.3) is 0 Å². The maximum absolute atomic E-state index is 13.2. The smallest absolute Gasteiger partial charge is 0.272 e. The summed E-state index contributed by atoms with van der Waals surface area (Å²) in [4.78, 5) is 29.9. The quantitative estimate of drug-likeness (QED) is 0.747. The van der Waals surface area contributed by atoms with Crippen molar-refractivity contribution in [2.45, 2.75) is 53.0 Å². The molecule has 0 N–H and O–H groups in total. The Balaban J connectivity index is 1.79. The molecule has 4 heterocycles. The van der Waals surface area contributed by atoms with Crippen LogP contribution in [-0.2, 0) is 18.3 Å². The second-order valence-corrected chi connectivity index (χ2v) is 8.65.